The molecule has 1 heterocycles. The van der Waals surface area contributed by atoms with E-state index in [4.69, 9.17) is 4.42 Å². The van der Waals surface area contributed by atoms with Crippen LogP contribution < -0.4 is 0 Å². The van der Waals surface area contributed by atoms with Gasteiger partial charge in [0.2, 0.25) is 0 Å². The summed E-state index contributed by atoms with van der Waals surface area (Å²) in [7, 11) is 0. The summed E-state index contributed by atoms with van der Waals surface area (Å²) >= 11 is 0. The van der Waals surface area contributed by atoms with E-state index in [1.165, 1.54) is 82.0 Å². The van der Waals surface area contributed by atoms with E-state index in [1.807, 2.05) is 0 Å². The molecule has 0 saturated carbocycles. The molecule has 1 aromatic heterocycles. The molecule has 0 bridgehead atoms. The van der Waals surface area contributed by atoms with Crippen molar-refractivity contribution < 1.29 is 4.42 Å². The molecule has 11 rings (SSSR count). The van der Waals surface area contributed by atoms with Gasteiger partial charge in [0, 0.05) is 16.3 Å². The second-order valence-corrected chi connectivity index (χ2v) is 13.9. The SMILES string of the molecule is c1ccc(-c2c3ccccc3c(-c3cccc4oc5c(-c6cccc7ccccc67)cccc5c34)c3ccccc23)c(-c2ccc3ccccc3c2)c1. The first-order chi connectivity index (χ1) is 26.3. The van der Waals surface area contributed by atoms with Gasteiger partial charge in [0.1, 0.15) is 11.2 Å². The Morgan fingerprint density at radius 1 is 0.283 bits per heavy atom. The van der Waals surface area contributed by atoms with Crippen LogP contribution in [0.25, 0.3) is 110 Å². The van der Waals surface area contributed by atoms with E-state index >= 15 is 0 Å². The minimum Gasteiger partial charge on any atom is -0.455 e. The van der Waals surface area contributed by atoms with Gasteiger partial charge >= 0.3 is 0 Å². The second kappa shape index (κ2) is 11.8. The van der Waals surface area contributed by atoms with Gasteiger partial charge in [-0.15, -0.1) is 0 Å². The summed E-state index contributed by atoms with van der Waals surface area (Å²) in [5.41, 5.74) is 11.4. The Hall–Kier alpha value is -6.96. The van der Waals surface area contributed by atoms with Crippen molar-refractivity contribution in [2.45, 2.75) is 0 Å². The van der Waals surface area contributed by atoms with Crippen LogP contribution in [0.1, 0.15) is 0 Å². The van der Waals surface area contributed by atoms with Gasteiger partial charge in [-0.1, -0.05) is 182 Å². The summed E-state index contributed by atoms with van der Waals surface area (Å²) < 4.78 is 6.86. The number of hydrogen-bond donors (Lipinski definition) is 0. The monoisotopic (exact) mass is 672 g/mol. The van der Waals surface area contributed by atoms with E-state index in [9.17, 15) is 0 Å². The van der Waals surface area contributed by atoms with Crippen LogP contribution in [-0.2, 0) is 0 Å². The van der Waals surface area contributed by atoms with Crippen LogP contribution in [0.15, 0.2) is 199 Å². The van der Waals surface area contributed by atoms with Gasteiger partial charge in [0.05, 0.1) is 0 Å². The van der Waals surface area contributed by atoms with E-state index < -0.39 is 0 Å². The molecule has 0 atom stereocenters. The molecule has 0 spiro atoms. The molecule has 246 valence electrons. The van der Waals surface area contributed by atoms with Crippen LogP contribution >= 0.6 is 0 Å². The fourth-order valence-corrected chi connectivity index (χ4v) is 8.75. The predicted molar refractivity (Wildman–Crippen MR) is 225 cm³/mol. The molecule has 1 heteroatoms. The topological polar surface area (TPSA) is 13.1 Å². The van der Waals surface area contributed by atoms with Gasteiger partial charge in [-0.25, -0.2) is 0 Å². The molecule has 0 fully saturated rings. The average Bonchev–Trinajstić information content (AvgIpc) is 3.62. The van der Waals surface area contributed by atoms with Gasteiger partial charge < -0.3 is 4.42 Å². The largest absolute Gasteiger partial charge is 0.455 e. The van der Waals surface area contributed by atoms with Crippen molar-refractivity contribution in [1.29, 1.82) is 0 Å². The van der Waals surface area contributed by atoms with E-state index in [0.29, 0.717) is 0 Å². The molecule has 11 aromatic rings. The maximum Gasteiger partial charge on any atom is 0.143 e. The Morgan fingerprint density at radius 2 is 0.774 bits per heavy atom. The third kappa shape index (κ3) is 4.58. The number of benzene rings is 10. The highest BCUT2D eigenvalue weighted by Crippen LogP contribution is 2.49. The first-order valence-corrected chi connectivity index (χ1v) is 18.3. The number of fused-ring (bicyclic) bond motifs is 7. The normalized spacial score (nSPS) is 11.8. The van der Waals surface area contributed by atoms with Crippen LogP contribution in [0.4, 0.5) is 0 Å². The van der Waals surface area contributed by atoms with E-state index in [0.717, 1.165) is 27.5 Å². The predicted octanol–water partition coefficient (Wildman–Crippen LogP) is 14.9. The second-order valence-electron chi connectivity index (χ2n) is 13.9. The van der Waals surface area contributed by atoms with E-state index in [1.54, 1.807) is 0 Å². The van der Waals surface area contributed by atoms with Crippen LogP contribution in [-0.4, -0.2) is 0 Å². The van der Waals surface area contributed by atoms with Gasteiger partial charge in [0.25, 0.3) is 0 Å². The summed E-state index contributed by atoms with van der Waals surface area (Å²) in [5, 5.41) is 12.1. The first kappa shape index (κ1) is 29.7. The highest BCUT2D eigenvalue weighted by Gasteiger charge is 2.22. The van der Waals surface area contributed by atoms with E-state index in [-0.39, 0.29) is 0 Å². The van der Waals surface area contributed by atoms with Crippen molar-refractivity contribution in [2.24, 2.45) is 0 Å². The molecule has 10 aromatic carbocycles. The summed E-state index contributed by atoms with van der Waals surface area (Å²) in [6.07, 6.45) is 0. The zero-order valence-corrected chi connectivity index (χ0v) is 28.9. The smallest absolute Gasteiger partial charge is 0.143 e. The fraction of sp³-hybridized carbons (Fsp3) is 0. The van der Waals surface area contributed by atoms with Gasteiger partial charge in [-0.05, 0) is 94.2 Å². The lowest BCUT2D eigenvalue weighted by Crippen LogP contribution is -1.93. The molecule has 0 saturated heterocycles. The quantitative estimate of drug-likeness (QED) is 0.170. The van der Waals surface area contributed by atoms with Crippen LogP contribution in [0.5, 0.6) is 0 Å². The van der Waals surface area contributed by atoms with Crippen molar-refractivity contribution in [1.82, 2.24) is 0 Å². The molecular weight excluding hydrogens is 641 g/mol. The zero-order chi connectivity index (χ0) is 34.9. The molecule has 0 N–H and O–H groups in total. The minimum absolute atomic E-state index is 0.893. The molecule has 0 unspecified atom stereocenters. The fourth-order valence-electron chi connectivity index (χ4n) is 8.75. The third-order valence-corrected chi connectivity index (χ3v) is 11.1. The summed E-state index contributed by atoms with van der Waals surface area (Å²) in [5.74, 6) is 0. The highest BCUT2D eigenvalue weighted by atomic mass is 16.3. The maximum absolute atomic E-state index is 6.86. The standard InChI is InChI=1S/C52H32O/c1-2-16-35-32-36(31-30-33(35)14-1)38-19-5-6-20-40(38)49-41-21-7-9-23-43(41)50(44-24-10-8-22-42(44)49)46-27-13-29-48-51(46)47-28-12-26-45(52(47)53-48)39-25-11-17-34-15-3-4-18-37(34)39/h1-32H. The Balaban J connectivity index is 1.20. The number of rotatable bonds is 4. The van der Waals surface area contributed by atoms with Crippen LogP contribution in [0, 0.1) is 0 Å². The molecule has 53 heavy (non-hydrogen) atoms. The first-order valence-electron chi connectivity index (χ1n) is 18.3. The van der Waals surface area contributed by atoms with Crippen molar-refractivity contribution in [3.8, 4) is 44.5 Å². The number of para-hydroxylation sites is 1. The van der Waals surface area contributed by atoms with E-state index in [2.05, 4.69) is 194 Å². The van der Waals surface area contributed by atoms with Crippen molar-refractivity contribution in [3.63, 3.8) is 0 Å². The number of hydrogen-bond acceptors (Lipinski definition) is 1. The molecule has 0 aliphatic carbocycles. The Bertz CT molecular complexity index is 3170. The Morgan fingerprint density at radius 3 is 1.53 bits per heavy atom. The molecule has 1 nitrogen and oxygen atoms in total. The molecule has 0 aliphatic heterocycles. The van der Waals surface area contributed by atoms with Gasteiger partial charge in [-0.3, -0.25) is 0 Å². The lowest BCUT2D eigenvalue weighted by Gasteiger charge is -2.20. The lowest BCUT2D eigenvalue weighted by molar-refractivity contribution is 0.670. The minimum atomic E-state index is 0.893. The lowest BCUT2D eigenvalue weighted by atomic mass is 9.83. The average molecular weight is 673 g/mol. The summed E-state index contributed by atoms with van der Waals surface area (Å²) in [4.78, 5) is 0. The highest BCUT2D eigenvalue weighted by molar-refractivity contribution is 6.27. The van der Waals surface area contributed by atoms with Crippen LogP contribution in [0.2, 0.25) is 0 Å². The summed E-state index contributed by atoms with van der Waals surface area (Å²) in [6.45, 7) is 0. The van der Waals surface area contributed by atoms with Crippen LogP contribution in [0.3, 0.4) is 0 Å². The van der Waals surface area contributed by atoms with Gasteiger partial charge in [0.15, 0.2) is 0 Å². The number of furan rings is 1. The van der Waals surface area contributed by atoms with Crippen molar-refractivity contribution >= 4 is 65.0 Å². The van der Waals surface area contributed by atoms with Crippen molar-refractivity contribution in [2.75, 3.05) is 0 Å². The molecular formula is C52H32O. The van der Waals surface area contributed by atoms with Crippen molar-refractivity contribution in [3.05, 3.63) is 194 Å². The maximum atomic E-state index is 6.86. The molecule has 0 radical (unpaired) electrons. The Labute approximate surface area is 307 Å². The Kier molecular flexibility index (Phi) is 6.62. The molecule has 0 aliphatic rings. The van der Waals surface area contributed by atoms with Gasteiger partial charge in [-0.2, -0.15) is 0 Å². The zero-order valence-electron chi connectivity index (χ0n) is 28.9. The third-order valence-electron chi connectivity index (χ3n) is 11.1. The molecule has 0 amide bonds. The summed E-state index contributed by atoms with van der Waals surface area (Å²) in [6, 6.07) is 70.4.